The van der Waals surface area contributed by atoms with Crippen LogP contribution in [0.1, 0.15) is 11.1 Å². The smallest absolute Gasteiger partial charge is 0.308 e. The second-order valence-electron chi connectivity index (χ2n) is 3.89. The SMILES string of the molecule is COc1c(CC(=O)O)cnn1Cc1ccccc1. The van der Waals surface area contributed by atoms with Crippen molar-refractivity contribution in [2.24, 2.45) is 0 Å². The summed E-state index contributed by atoms with van der Waals surface area (Å²) in [5.41, 5.74) is 1.67. The maximum absolute atomic E-state index is 10.7. The Morgan fingerprint density at radius 3 is 2.72 bits per heavy atom. The first kappa shape index (κ1) is 12.2. The van der Waals surface area contributed by atoms with Crippen LogP contribution in [0.2, 0.25) is 0 Å². The second kappa shape index (κ2) is 5.35. The molecule has 0 saturated carbocycles. The van der Waals surface area contributed by atoms with E-state index in [0.717, 1.165) is 5.56 Å². The molecule has 0 unspecified atom stereocenters. The van der Waals surface area contributed by atoms with Crippen molar-refractivity contribution in [1.82, 2.24) is 9.78 Å². The predicted octanol–water partition coefficient (Wildman–Crippen LogP) is 1.57. The highest BCUT2D eigenvalue weighted by Crippen LogP contribution is 2.19. The number of methoxy groups -OCH3 is 1. The summed E-state index contributed by atoms with van der Waals surface area (Å²) >= 11 is 0. The summed E-state index contributed by atoms with van der Waals surface area (Å²) in [5.74, 6) is -0.395. The number of hydrogen-bond acceptors (Lipinski definition) is 3. The molecule has 1 N–H and O–H groups in total. The van der Waals surface area contributed by atoms with Crippen molar-refractivity contribution in [1.29, 1.82) is 0 Å². The van der Waals surface area contributed by atoms with Crippen LogP contribution >= 0.6 is 0 Å². The first-order valence-electron chi connectivity index (χ1n) is 5.55. The largest absolute Gasteiger partial charge is 0.481 e. The van der Waals surface area contributed by atoms with Crippen LogP contribution < -0.4 is 4.74 Å². The number of carbonyl (C=O) groups is 1. The number of aromatic nitrogens is 2. The Labute approximate surface area is 105 Å². The summed E-state index contributed by atoms with van der Waals surface area (Å²) in [6.45, 7) is 0.559. The summed E-state index contributed by atoms with van der Waals surface area (Å²) in [5, 5.41) is 13.0. The standard InChI is InChI=1S/C13H14N2O3/c1-18-13-11(7-12(16)17)8-14-15(13)9-10-5-3-2-4-6-10/h2-6,8H,7,9H2,1H3,(H,16,17). The van der Waals surface area contributed by atoms with Crippen molar-refractivity contribution >= 4 is 5.97 Å². The van der Waals surface area contributed by atoms with Crippen LogP contribution in [0, 0.1) is 0 Å². The van der Waals surface area contributed by atoms with Crippen LogP contribution in [-0.2, 0) is 17.8 Å². The molecule has 0 saturated heterocycles. The van der Waals surface area contributed by atoms with E-state index in [-0.39, 0.29) is 6.42 Å². The Bertz CT molecular complexity index is 534. The number of carboxylic acids is 1. The molecule has 0 aliphatic rings. The molecule has 0 fully saturated rings. The minimum absolute atomic E-state index is 0.0854. The van der Waals surface area contributed by atoms with Crippen LogP contribution in [0.15, 0.2) is 36.5 Å². The van der Waals surface area contributed by atoms with Gasteiger partial charge in [0.1, 0.15) is 0 Å². The first-order valence-corrected chi connectivity index (χ1v) is 5.55. The average Bonchev–Trinajstić information content (AvgIpc) is 2.72. The van der Waals surface area contributed by atoms with E-state index in [2.05, 4.69) is 5.10 Å². The van der Waals surface area contributed by atoms with Gasteiger partial charge >= 0.3 is 5.97 Å². The normalized spacial score (nSPS) is 10.3. The van der Waals surface area contributed by atoms with Gasteiger partial charge in [0.05, 0.1) is 26.3 Å². The first-order chi connectivity index (χ1) is 8.70. The fourth-order valence-electron chi connectivity index (χ4n) is 1.80. The lowest BCUT2D eigenvalue weighted by molar-refractivity contribution is -0.136. The zero-order chi connectivity index (χ0) is 13.0. The number of rotatable bonds is 5. The maximum atomic E-state index is 10.7. The van der Waals surface area contributed by atoms with Gasteiger partial charge in [-0.3, -0.25) is 4.79 Å². The van der Waals surface area contributed by atoms with E-state index in [4.69, 9.17) is 9.84 Å². The second-order valence-corrected chi connectivity index (χ2v) is 3.89. The molecule has 0 spiro atoms. The lowest BCUT2D eigenvalue weighted by Gasteiger charge is -2.07. The van der Waals surface area contributed by atoms with Gasteiger partial charge in [-0.15, -0.1) is 0 Å². The van der Waals surface area contributed by atoms with Crippen LogP contribution in [0.4, 0.5) is 0 Å². The van der Waals surface area contributed by atoms with Crippen LogP contribution in [0.25, 0.3) is 0 Å². The predicted molar refractivity (Wildman–Crippen MR) is 65.7 cm³/mol. The van der Waals surface area contributed by atoms with Crippen molar-refractivity contribution in [3.05, 3.63) is 47.7 Å². The van der Waals surface area contributed by atoms with Crippen molar-refractivity contribution < 1.29 is 14.6 Å². The quantitative estimate of drug-likeness (QED) is 0.869. The van der Waals surface area contributed by atoms with E-state index >= 15 is 0 Å². The van der Waals surface area contributed by atoms with Gasteiger partial charge in [0.15, 0.2) is 0 Å². The Balaban J connectivity index is 2.23. The highest BCUT2D eigenvalue weighted by molar-refractivity contribution is 5.70. The third kappa shape index (κ3) is 2.68. The Hall–Kier alpha value is -2.30. The number of hydrogen-bond donors (Lipinski definition) is 1. The van der Waals surface area contributed by atoms with Crippen molar-refractivity contribution in [2.45, 2.75) is 13.0 Å². The highest BCUT2D eigenvalue weighted by atomic mass is 16.5. The summed E-state index contributed by atoms with van der Waals surface area (Å²) < 4.78 is 6.89. The van der Waals surface area contributed by atoms with E-state index in [0.29, 0.717) is 18.0 Å². The monoisotopic (exact) mass is 246 g/mol. The molecule has 0 atom stereocenters. The Morgan fingerprint density at radius 1 is 1.39 bits per heavy atom. The van der Waals surface area contributed by atoms with Crippen molar-refractivity contribution in [3.8, 4) is 5.88 Å². The van der Waals surface area contributed by atoms with Gasteiger partial charge in [-0.1, -0.05) is 30.3 Å². The van der Waals surface area contributed by atoms with E-state index in [9.17, 15) is 4.79 Å². The molecule has 5 nitrogen and oxygen atoms in total. The molecule has 0 aliphatic heterocycles. The highest BCUT2D eigenvalue weighted by Gasteiger charge is 2.14. The fourth-order valence-corrected chi connectivity index (χ4v) is 1.80. The minimum atomic E-state index is -0.896. The number of benzene rings is 1. The third-order valence-electron chi connectivity index (χ3n) is 2.57. The van der Waals surface area contributed by atoms with Gasteiger partial charge in [-0.05, 0) is 5.56 Å². The summed E-state index contributed by atoms with van der Waals surface area (Å²) in [6, 6.07) is 9.81. The van der Waals surface area contributed by atoms with Gasteiger partial charge in [0.2, 0.25) is 5.88 Å². The topological polar surface area (TPSA) is 64.3 Å². The molecule has 0 radical (unpaired) electrons. The lowest BCUT2D eigenvalue weighted by atomic mass is 10.2. The van der Waals surface area contributed by atoms with Crippen molar-refractivity contribution in [2.75, 3.05) is 7.11 Å². The molecule has 0 amide bonds. The van der Waals surface area contributed by atoms with Crippen LogP contribution in [-0.4, -0.2) is 28.0 Å². The molecule has 2 rings (SSSR count). The molecule has 1 aromatic carbocycles. The molecule has 5 heteroatoms. The van der Waals surface area contributed by atoms with Gasteiger partial charge in [0, 0.05) is 5.56 Å². The van der Waals surface area contributed by atoms with Gasteiger partial charge in [-0.25, -0.2) is 4.68 Å². The number of aliphatic carboxylic acids is 1. The molecule has 94 valence electrons. The summed E-state index contributed by atoms with van der Waals surface area (Å²) in [4.78, 5) is 10.7. The Morgan fingerprint density at radius 2 is 2.11 bits per heavy atom. The maximum Gasteiger partial charge on any atom is 0.308 e. The van der Waals surface area contributed by atoms with E-state index in [1.807, 2.05) is 30.3 Å². The molecular formula is C13H14N2O3. The van der Waals surface area contributed by atoms with E-state index < -0.39 is 5.97 Å². The number of nitrogens with zero attached hydrogens (tertiary/aromatic N) is 2. The zero-order valence-electron chi connectivity index (χ0n) is 10.0. The van der Waals surface area contributed by atoms with Crippen molar-refractivity contribution in [3.63, 3.8) is 0 Å². The number of ether oxygens (including phenoxy) is 1. The summed E-state index contributed by atoms with van der Waals surface area (Å²) in [7, 11) is 1.52. The van der Waals surface area contributed by atoms with Gasteiger partial charge in [-0.2, -0.15) is 5.10 Å². The minimum Gasteiger partial charge on any atom is -0.481 e. The molecule has 0 aliphatic carbocycles. The fraction of sp³-hybridized carbons (Fsp3) is 0.231. The Kier molecular flexibility index (Phi) is 3.62. The zero-order valence-corrected chi connectivity index (χ0v) is 10.0. The molecular weight excluding hydrogens is 232 g/mol. The molecule has 18 heavy (non-hydrogen) atoms. The lowest BCUT2D eigenvalue weighted by Crippen LogP contribution is -2.06. The van der Waals surface area contributed by atoms with Crippen LogP contribution in [0.3, 0.4) is 0 Å². The number of carboxylic acid groups (broad SMARTS) is 1. The van der Waals surface area contributed by atoms with Crippen LogP contribution in [0.5, 0.6) is 5.88 Å². The third-order valence-corrected chi connectivity index (χ3v) is 2.57. The molecule has 2 aromatic rings. The van der Waals surface area contributed by atoms with E-state index in [1.54, 1.807) is 4.68 Å². The molecule has 0 bridgehead atoms. The van der Waals surface area contributed by atoms with Gasteiger partial charge in [0.25, 0.3) is 0 Å². The van der Waals surface area contributed by atoms with Gasteiger partial charge < -0.3 is 9.84 Å². The van der Waals surface area contributed by atoms with E-state index in [1.165, 1.54) is 13.3 Å². The average molecular weight is 246 g/mol. The molecule has 1 heterocycles. The summed E-state index contributed by atoms with van der Waals surface area (Å²) in [6.07, 6.45) is 1.45. The molecule has 1 aromatic heterocycles.